The third kappa shape index (κ3) is 4.44. The predicted molar refractivity (Wildman–Crippen MR) is 66.0 cm³/mol. The van der Waals surface area contributed by atoms with Crippen LogP contribution in [0.25, 0.3) is 0 Å². The van der Waals surface area contributed by atoms with E-state index in [0.717, 1.165) is 16.9 Å². The Kier molecular flexibility index (Phi) is 4.97. The summed E-state index contributed by atoms with van der Waals surface area (Å²) >= 11 is 0. The lowest BCUT2D eigenvalue weighted by molar-refractivity contribution is -0.142. The van der Waals surface area contributed by atoms with Crippen LogP contribution in [0.3, 0.4) is 0 Å². The molecule has 0 amide bonds. The lowest BCUT2D eigenvalue weighted by Gasteiger charge is -2.11. The summed E-state index contributed by atoms with van der Waals surface area (Å²) in [4.78, 5) is 11.1. The average Bonchev–Trinajstić information content (AvgIpc) is 2.26. The van der Waals surface area contributed by atoms with Gasteiger partial charge in [-0.15, -0.1) is 0 Å². The summed E-state index contributed by atoms with van der Waals surface area (Å²) in [5.41, 5.74) is 7.90. The molecule has 1 aromatic carbocycles. The minimum Gasteiger partial charge on any atom is -0.494 e. The topological polar surface area (TPSA) is 61.5 Å². The van der Waals surface area contributed by atoms with Crippen molar-refractivity contribution < 1.29 is 14.3 Å². The van der Waals surface area contributed by atoms with E-state index in [1.54, 1.807) is 0 Å². The number of aryl methyl sites for hydroxylation is 2. The second-order valence-electron chi connectivity index (χ2n) is 4.09. The van der Waals surface area contributed by atoms with Crippen molar-refractivity contribution in [2.45, 2.75) is 26.3 Å². The fourth-order valence-electron chi connectivity index (χ4n) is 1.59. The molecule has 0 saturated heterocycles. The molecule has 0 bridgehead atoms. The van der Waals surface area contributed by atoms with Crippen LogP contribution in [-0.4, -0.2) is 25.7 Å². The Morgan fingerprint density at radius 1 is 1.29 bits per heavy atom. The molecule has 2 N–H and O–H groups in total. The molecule has 0 heterocycles. The van der Waals surface area contributed by atoms with Gasteiger partial charge in [0.15, 0.2) is 0 Å². The van der Waals surface area contributed by atoms with E-state index >= 15 is 0 Å². The first kappa shape index (κ1) is 13.5. The van der Waals surface area contributed by atoms with Gasteiger partial charge >= 0.3 is 5.97 Å². The molecular formula is C13H19NO3. The lowest BCUT2D eigenvalue weighted by atomic mass is 10.1. The number of hydrogen-bond donors (Lipinski definition) is 1. The Hall–Kier alpha value is -1.55. The SMILES string of the molecule is COC(=O)C(N)CCOc1cc(C)cc(C)c1. The van der Waals surface area contributed by atoms with E-state index in [1.807, 2.05) is 26.0 Å². The average molecular weight is 237 g/mol. The maximum atomic E-state index is 11.1. The van der Waals surface area contributed by atoms with Crippen molar-refractivity contribution in [2.24, 2.45) is 5.73 Å². The third-order valence-electron chi connectivity index (χ3n) is 2.40. The molecule has 0 saturated carbocycles. The Morgan fingerprint density at radius 2 is 1.88 bits per heavy atom. The van der Waals surface area contributed by atoms with Gasteiger partial charge in [-0.05, 0) is 37.1 Å². The Bertz CT molecular complexity index is 370. The predicted octanol–water partition coefficient (Wildman–Crippen LogP) is 1.57. The molecule has 0 aliphatic carbocycles. The third-order valence-corrected chi connectivity index (χ3v) is 2.40. The first-order chi connectivity index (χ1) is 8.02. The van der Waals surface area contributed by atoms with E-state index in [-0.39, 0.29) is 0 Å². The van der Waals surface area contributed by atoms with Crippen LogP contribution in [0.5, 0.6) is 5.75 Å². The van der Waals surface area contributed by atoms with E-state index in [0.29, 0.717) is 13.0 Å². The first-order valence-corrected chi connectivity index (χ1v) is 5.57. The van der Waals surface area contributed by atoms with Crippen LogP contribution in [0.15, 0.2) is 18.2 Å². The monoisotopic (exact) mass is 237 g/mol. The van der Waals surface area contributed by atoms with Crippen molar-refractivity contribution in [1.29, 1.82) is 0 Å². The van der Waals surface area contributed by atoms with Gasteiger partial charge in [0.2, 0.25) is 0 Å². The molecule has 0 spiro atoms. The number of carbonyl (C=O) groups excluding carboxylic acids is 1. The highest BCUT2D eigenvalue weighted by Gasteiger charge is 2.13. The number of nitrogens with two attached hydrogens (primary N) is 1. The Labute approximate surface area is 102 Å². The van der Waals surface area contributed by atoms with Crippen molar-refractivity contribution >= 4 is 5.97 Å². The maximum absolute atomic E-state index is 11.1. The summed E-state index contributed by atoms with van der Waals surface area (Å²) in [6.45, 7) is 4.43. The van der Waals surface area contributed by atoms with E-state index < -0.39 is 12.0 Å². The number of carbonyl (C=O) groups is 1. The minimum atomic E-state index is -0.620. The summed E-state index contributed by atoms with van der Waals surface area (Å²) in [6.07, 6.45) is 0.444. The van der Waals surface area contributed by atoms with E-state index in [9.17, 15) is 4.79 Å². The van der Waals surface area contributed by atoms with Gasteiger partial charge in [0.1, 0.15) is 11.8 Å². The molecule has 0 aliphatic heterocycles. The zero-order valence-corrected chi connectivity index (χ0v) is 10.5. The summed E-state index contributed by atoms with van der Waals surface area (Å²) < 4.78 is 10.1. The van der Waals surface area contributed by atoms with E-state index in [1.165, 1.54) is 7.11 Å². The normalized spacial score (nSPS) is 12.0. The van der Waals surface area contributed by atoms with Gasteiger partial charge in [-0.1, -0.05) is 6.07 Å². The fourth-order valence-corrected chi connectivity index (χ4v) is 1.59. The molecule has 0 aromatic heterocycles. The van der Waals surface area contributed by atoms with Gasteiger partial charge in [-0.25, -0.2) is 0 Å². The van der Waals surface area contributed by atoms with Crippen molar-refractivity contribution in [2.75, 3.05) is 13.7 Å². The minimum absolute atomic E-state index is 0.402. The molecule has 0 fully saturated rings. The second-order valence-corrected chi connectivity index (χ2v) is 4.09. The highest BCUT2D eigenvalue weighted by Crippen LogP contribution is 2.16. The molecule has 17 heavy (non-hydrogen) atoms. The molecule has 0 aliphatic rings. The molecule has 4 nitrogen and oxygen atoms in total. The summed E-state index contributed by atoms with van der Waals surface area (Å²) in [7, 11) is 1.33. The second kappa shape index (κ2) is 6.25. The number of esters is 1. The van der Waals surface area contributed by atoms with E-state index in [4.69, 9.17) is 10.5 Å². The van der Waals surface area contributed by atoms with Crippen LogP contribution < -0.4 is 10.5 Å². The fraction of sp³-hybridized carbons (Fsp3) is 0.462. The van der Waals surface area contributed by atoms with Crippen LogP contribution in [0.1, 0.15) is 17.5 Å². The smallest absolute Gasteiger partial charge is 0.322 e. The lowest BCUT2D eigenvalue weighted by Crippen LogP contribution is -2.33. The molecule has 1 unspecified atom stereocenters. The van der Waals surface area contributed by atoms with Gasteiger partial charge in [-0.2, -0.15) is 0 Å². The zero-order valence-electron chi connectivity index (χ0n) is 10.5. The summed E-state index contributed by atoms with van der Waals surface area (Å²) in [5.74, 6) is 0.397. The van der Waals surface area contributed by atoms with E-state index in [2.05, 4.69) is 10.8 Å². The maximum Gasteiger partial charge on any atom is 0.322 e. The highest BCUT2D eigenvalue weighted by atomic mass is 16.5. The van der Waals surface area contributed by atoms with Crippen LogP contribution >= 0.6 is 0 Å². The summed E-state index contributed by atoms with van der Waals surface area (Å²) in [5, 5.41) is 0. The number of benzene rings is 1. The molecule has 94 valence electrons. The molecule has 1 atom stereocenters. The molecular weight excluding hydrogens is 218 g/mol. The first-order valence-electron chi connectivity index (χ1n) is 5.57. The van der Waals surface area contributed by atoms with Crippen LogP contribution in [-0.2, 0) is 9.53 Å². The molecule has 1 aromatic rings. The van der Waals surface area contributed by atoms with Crippen LogP contribution in [0, 0.1) is 13.8 Å². The van der Waals surface area contributed by atoms with Crippen molar-refractivity contribution in [1.82, 2.24) is 0 Å². The molecule has 4 heteroatoms. The standard InChI is InChI=1S/C13H19NO3/c1-9-6-10(2)8-11(7-9)17-5-4-12(14)13(15)16-3/h6-8,12H,4-5,14H2,1-3H3. The Balaban J connectivity index is 2.43. The van der Waals surface area contributed by atoms with Gasteiger partial charge < -0.3 is 15.2 Å². The number of hydrogen-bond acceptors (Lipinski definition) is 4. The quantitative estimate of drug-likeness (QED) is 0.790. The Morgan fingerprint density at radius 3 is 2.41 bits per heavy atom. The highest BCUT2D eigenvalue weighted by molar-refractivity contribution is 5.75. The number of ether oxygens (including phenoxy) is 2. The summed E-state index contributed by atoms with van der Waals surface area (Å²) in [6, 6.07) is 5.37. The molecule has 1 rings (SSSR count). The van der Waals surface area contributed by atoms with Gasteiger partial charge in [-0.3, -0.25) is 4.79 Å². The van der Waals surface area contributed by atoms with Crippen molar-refractivity contribution in [3.05, 3.63) is 29.3 Å². The molecule has 0 radical (unpaired) electrons. The number of rotatable bonds is 5. The largest absolute Gasteiger partial charge is 0.494 e. The van der Waals surface area contributed by atoms with Crippen molar-refractivity contribution in [3.63, 3.8) is 0 Å². The van der Waals surface area contributed by atoms with Gasteiger partial charge in [0, 0.05) is 6.42 Å². The number of methoxy groups -OCH3 is 1. The van der Waals surface area contributed by atoms with Gasteiger partial charge in [0.25, 0.3) is 0 Å². The van der Waals surface area contributed by atoms with Crippen LogP contribution in [0.2, 0.25) is 0 Å². The zero-order chi connectivity index (χ0) is 12.8. The van der Waals surface area contributed by atoms with Crippen LogP contribution in [0.4, 0.5) is 0 Å². The van der Waals surface area contributed by atoms with Crippen molar-refractivity contribution in [3.8, 4) is 5.75 Å². The van der Waals surface area contributed by atoms with Gasteiger partial charge in [0.05, 0.1) is 13.7 Å².